The van der Waals surface area contributed by atoms with Gasteiger partial charge in [-0.2, -0.15) is 4.98 Å². The second-order valence-electron chi connectivity index (χ2n) is 7.79. The Kier molecular flexibility index (Phi) is 5.37. The molecular weight excluding hydrogens is 390 g/mol. The van der Waals surface area contributed by atoms with Gasteiger partial charge in [-0.3, -0.25) is 4.98 Å². The third-order valence-electron chi connectivity index (χ3n) is 4.33. The number of nitrogen functional groups attached to an aromatic ring is 1. The van der Waals surface area contributed by atoms with Gasteiger partial charge in [0.05, 0.1) is 30.3 Å². The SMILES string of the molecule is COc1c(C)cnc(Cn2cc(C#C[Si](C)(C)C)c3c(Cl)nc(N)nc32)c1C. The van der Waals surface area contributed by atoms with Crippen molar-refractivity contribution in [2.75, 3.05) is 12.8 Å². The number of fused-ring (bicyclic) bond motifs is 1. The molecule has 146 valence electrons. The topological polar surface area (TPSA) is 78.8 Å². The van der Waals surface area contributed by atoms with E-state index in [0.29, 0.717) is 17.3 Å². The minimum atomic E-state index is -1.56. The Bertz CT molecular complexity index is 1120. The minimum absolute atomic E-state index is 0.132. The highest BCUT2D eigenvalue weighted by molar-refractivity contribution is 6.83. The lowest BCUT2D eigenvalue weighted by molar-refractivity contribution is 0.406. The van der Waals surface area contributed by atoms with Crippen LogP contribution in [0.25, 0.3) is 11.0 Å². The van der Waals surface area contributed by atoms with Crippen LogP contribution in [0, 0.1) is 25.3 Å². The van der Waals surface area contributed by atoms with Crippen molar-refractivity contribution in [3.63, 3.8) is 0 Å². The summed E-state index contributed by atoms with van der Waals surface area (Å²) < 4.78 is 7.50. The molecule has 0 bridgehead atoms. The summed E-state index contributed by atoms with van der Waals surface area (Å²) in [5.41, 5.74) is 13.6. The van der Waals surface area contributed by atoms with Gasteiger partial charge in [0, 0.05) is 23.5 Å². The monoisotopic (exact) mass is 413 g/mol. The van der Waals surface area contributed by atoms with Crippen molar-refractivity contribution >= 4 is 36.7 Å². The first-order chi connectivity index (χ1) is 13.1. The minimum Gasteiger partial charge on any atom is -0.496 e. The van der Waals surface area contributed by atoms with E-state index in [1.807, 2.05) is 30.8 Å². The summed E-state index contributed by atoms with van der Waals surface area (Å²) in [6.07, 6.45) is 3.76. The fraction of sp³-hybridized carbons (Fsp3) is 0.350. The number of aryl methyl sites for hydroxylation is 1. The summed E-state index contributed by atoms with van der Waals surface area (Å²) >= 11 is 6.40. The number of nitrogens with two attached hydrogens (primary N) is 1. The maximum atomic E-state index is 6.40. The van der Waals surface area contributed by atoms with Crippen LogP contribution < -0.4 is 10.5 Å². The van der Waals surface area contributed by atoms with Gasteiger partial charge in [-0.15, -0.1) is 5.54 Å². The van der Waals surface area contributed by atoms with Gasteiger partial charge in [0.2, 0.25) is 5.95 Å². The van der Waals surface area contributed by atoms with Gasteiger partial charge < -0.3 is 15.0 Å². The molecule has 8 heteroatoms. The molecule has 0 aliphatic heterocycles. The number of hydrogen-bond acceptors (Lipinski definition) is 5. The van der Waals surface area contributed by atoms with E-state index < -0.39 is 8.07 Å². The number of halogens is 1. The van der Waals surface area contributed by atoms with Crippen molar-refractivity contribution in [2.24, 2.45) is 0 Å². The van der Waals surface area contributed by atoms with E-state index in [4.69, 9.17) is 22.1 Å². The molecule has 3 aromatic rings. The predicted octanol–water partition coefficient (Wildman–Crippen LogP) is 3.96. The van der Waals surface area contributed by atoms with Gasteiger partial charge in [0.1, 0.15) is 24.6 Å². The first-order valence-corrected chi connectivity index (χ1v) is 12.8. The predicted molar refractivity (Wildman–Crippen MR) is 117 cm³/mol. The van der Waals surface area contributed by atoms with Crippen LogP contribution in [0.15, 0.2) is 12.4 Å². The van der Waals surface area contributed by atoms with Crippen molar-refractivity contribution in [1.29, 1.82) is 0 Å². The van der Waals surface area contributed by atoms with E-state index in [9.17, 15) is 0 Å². The molecule has 0 radical (unpaired) electrons. The largest absolute Gasteiger partial charge is 0.496 e. The zero-order valence-corrected chi connectivity index (χ0v) is 18.8. The van der Waals surface area contributed by atoms with E-state index in [1.54, 1.807) is 7.11 Å². The molecule has 3 aromatic heterocycles. The lowest BCUT2D eigenvalue weighted by Crippen LogP contribution is -2.16. The summed E-state index contributed by atoms with van der Waals surface area (Å²) in [5.74, 6) is 4.25. The molecule has 0 aromatic carbocycles. The second kappa shape index (κ2) is 7.45. The zero-order chi connectivity index (χ0) is 20.6. The van der Waals surface area contributed by atoms with Crippen LogP contribution in [0.3, 0.4) is 0 Å². The lowest BCUT2D eigenvalue weighted by Gasteiger charge is -2.13. The summed E-state index contributed by atoms with van der Waals surface area (Å²) in [6, 6.07) is 0. The van der Waals surface area contributed by atoms with Crippen LogP contribution in [0.5, 0.6) is 5.75 Å². The second-order valence-corrected chi connectivity index (χ2v) is 12.9. The Labute approximate surface area is 171 Å². The van der Waals surface area contributed by atoms with Gasteiger partial charge in [-0.1, -0.05) is 37.2 Å². The van der Waals surface area contributed by atoms with E-state index >= 15 is 0 Å². The Morgan fingerprint density at radius 1 is 1.25 bits per heavy atom. The highest BCUT2D eigenvalue weighted by Crippen LogP contribution is 2.29. The molecule has 6 nitrogen and oxygen atoms in total. The quantitative estimate of drug-likeness (QED) is 0.399. The average Bonchev–Trinajstić information content (AvgIpc) is 2.93. The average molecular weight is 414 g/mol. The number of anilines is 1. The normalized spacial score (nSPS) is 11.4. The van der Waals surface area contributed by atoms with Crippen LogP contribution in [-0.4, -0.2) is 34.7 Å². The molecule has 0 saturated heterocycles. The standard InChI is InChI=1S/C20H24ClN5OSi/c1-12-9-23-15(13(2)17(12)27-3)11-26-10-14(7-8-28(4,5)6)16-18(21)24-20(22)25-19(16)26/h9-10H,11H2,1-6H3,(H2,22,24,25). The van der Waals surface area contributed by atoms with Crippen LogP contribution in [-0.2, 0) is 6.54 Å². The lowest BCUT2D eigenvalue weighted by atomic mass is 10.1. The number of rotatable bonds is 3. The number of nitrogens with zero attached hydrogens (tertiary/aromatic N) is 4. The van der Waals surface area contributed by atoms with Crippen LogP contribution in [0.1, 0.15) is 22.4 Å². The molecule has 0 aliphatic carbocycles. The van der Waals surface area contributed by atoms with Crippen molar-refractivity contribution in [2.45, 2.75) is 40.0 Å². The third kappa shape index (κ3) is 3.98. The van der Waals surface area contributed by atoms with E-state index in [2.05, 4.69) is 46.1 Å². The van der Waals surface area contributed by atoms with Crippen molar-refractivity contribution in [1.82, 2.24) is 19.5 Å². The maximum absolute atomic E-state index is 6.40. The van der Waals surface area contributed by atoms with Gasteiger partial charge >= 0.3 is 0 Å². The molecule has 0 fully saturated rings. The fourth-order valence-corrected chi connectivity index (χ4v) is 3.80. The maximum Gasteiger partial charge on any atom is 0.223 e. The van der Waals surface area contributed by atoms with Crippen LogP contribution >= 0.6 is 11.6 Å². The van der Waals surface area contributed by atoms with Crippen LogP contribution in [0.2, 0.25) is 24.8 Å². The summed E-state index contributed by atoms with van der Waals surface area (Å²) in [6.45, 7) is 11.1. The number of hydrogen-bond donors (Lipinski definition) is 1. The first-order valence-electron chi connectivity index (χ1n) is 8.95. The van der Waals surface area contributed by atoms with Crippen molar-refractivity contribution in [3.8, 4) is 17.2 Å². The molecule has 0 spiro atoms. The Morgan fingerprint density at radius 3 is 2.61 bits per heavy atom. The number of pyridine rings is 1. The number of aromatic nitrogens is 4. The Balaban J connectivity index is 2.18. The zero-order valence-electron chi connectivity index (χ0n) is 17.0. The molecule has 3 heterocycles. The highest BCUT2D eigenvalue weighted by Gasteiger charge is 2.17. The molecule has 28 heavy (non-hydrogen) atoms. The molecule has 0 atom stereocenters. The molecule has 0 unspecified atom stereocenters. The summed E-state index contributed by atoms with van der Waals surface area (Å²) in [7, 11) is 0.113. The number of methoxy groups -OCH3 is 1. The van der Waals surface area contributed by atoms with Crippen molar-refractivity contribution in [3.05, 3.63) is 39.9 Å². The van der Waals surface area contributed by atoms with Gasteiger partial charge in [0.15, 0.2) is 0 Å². The molecule has 2 N–H and O–H groups in total. The molecular formula is C20H24ClN5OSi. The fourth-order valence-electron chi connectivity index (χ4n) is 3.02. The Morgan fingerprint density at radius 2 is 1.96 bits per heavy atom. The van der Waals surface area contributed by atoms with E-state index in [1.165, 1.54) is 0 Å². The first kappa shape index (κ1) is 20.2. The molecule has 0 saturated carbocycles. The van der Waals surface area contributed by atoms with Gasteiger partial charge in [0.25, 0.3) is 0 Å². The summed E-state index contributed by atoms with van der Waals surface area (Å²) in [4.78, 5) is 13.1. The number of ether oxygens (including phenoxy) is 1. The van der Waals surface area contributed by atoms with E-state index in [-0.39, 0.29) is 5.95 Å². The molecule has 3 rings (SSSR count). The van der Waals surface area contributed by atoms with Gasteiger partial charge in [-0.05, 0) is 13.8 Å². The van der Waals surface area contributed by atoms with E-state index in [0.717, 1.165) is 33.5 Å². The smallest absolute Gasteiger partial charge is 0.223 e. The Hall–Kier alpha value is -2.56. The summed E-state index contributed by atoms with van der Waals surface area (Å²) in [5, 5.41) is 1.03. The molecule has 0 aliphatic rings. The van der Waals surface area contributed by atoms with Crippen molar-refractivity contribution < 1.29 is 4.74 Å². The molecule has 0 amide bonds. The highest BCUT2D eigenvalue weighted by atomic mass is 35.5. The van der Waals surface area contributed by atoms with Gasteiger partial charge in [-0.25, -0.2) is 4.98 Å². The van der Waals surface area contributed by atoms with Crippen LogP contribution in [0.4, 0.5) is 5.95 Å². The third-order valence-corrected chi connectivity index (χ3v) is 5.48.